The van der Waals surface area contributed by atoms with Gasteiger partial charge in [0.25, 0.3) is 0 Å². The third kappa shape index (κ3) is 2.21. The molecule has 2 N–H and O–H groups in total. The lowest BCUT2D eigenvalue weighted by atomic mass is 9.96. The highest BCUT2D eigenvalue weighted by atomic mass is 79.9. The molecule has 84 valence electrons. The molecule has 0 spiro atoms. The van der Waals surface area contributed by atoms with Crippen LogP contribution in [0.4, 0.5) is 0 Å². The summed E-state index contributed by atoms with van der Waals surface area (Å²) in [5, 5.41) is 4.19. The maximum atomic E-state index is 6.31. The predicted octanol–water partition coefficient (Wildman–Crippen LogP) is 4.12. The van der Waals surface area contributed by atoms with Crippen molar-refractivity contribution in [2.45, 2.75) is 19.4 Å². The molecule has 0 aliphatic carbocycles. The Hall–Kier alpha value is -0.640. The third-order valence-electron chi connectivity index (χ3n) is 2.75. The Morgan fingerprint density at radius 1 is 1.25 bits per heavy atom. The minimum Gasteiger partial charge on any atom is -0.320 e. The van der Waals surface area contributed by atoms with Crippen molar-refractivity contribution in [1.82, 2.24) is 0 Å². The fourth-order valence-electron chi connectivity index (χ4n) is 1.84. The van der Waals surface area contributed by atoms with Crippen molar-refractivity contribution >= 4 is 27.3 Å². The van der Waals surface area contributed by atoms with Crippen molar-refractivity contribution in [1.29, 1.82) is 0 Å². The zero-order valence-electron chi connectivity index (χ0n) is 9.11. The predicted molar refractivity (Wildman–Crippen MR) is 73.9 cm³/mol. The molecule has 0 aliphatic rings. The molecule has 0 aliphatic heterocycles. The van der Waals surface area contributed by atoms with Crippen LogP contribution in [0, 0.1) is 0 Å². The molecule has 0 saturated heterocycles. The average molecular weight is 296 g/mol. The number of hydrogen-bond acceptors (Lipinski definition) is 2. The summed E-state index contributed by atoms with van der Waals surface area (Å²) in [6.45, 7) is 2.16. The van der Waals surface area contributed by atoms with Gasteiger partial charge in [0.15, 0.2) is 0 Å². The number of aryl methyl sites for hydroxylation is 1. The Kier molecular flexibility index (Phi) is 3.79. The van der Waals surface area contributed by atoms with E-state index >= 15 is 0 Å². The van der Waals surface area contributed by atoms with Crippen molar-refractivity contribution in [2.75, 3.05) is 0 Å². The number of rotatable bonds is 3. The molecule has 0 amide bonds. The van der Waals surface area contributed by atoms with Gasteiger partial charge in [0.05, 0.1) is 6.04 Å². The monoisotopic (exact) mass is 295 g/mol. The van der Waals surface area contributed by atoms with Crippen molar-refractivity contribution in [3.8, 4) is 0 Å². The van der Waals surface area contributed by atoms with Crippen LogP contribution in [-0.2, 0) is 6.42 Å². The standard InChI is InChI=1S/C13H14BrNS/c1-2-9-5-3-4-6-10(9)13(15)11-7-16-8-12(11)14/h3-8,13H,2,15H2,1H3. The van der Waals surface area contributed by atoms with Crippen molar-refractivity contribution in [3.63, 3.8) is 0 Å². The molecule has 0 saturated carbocycles. The molecule has 0 fully saturated rings. The van der Waals surface area contributed by atoms with Crippen molar-refractivity contribution in [2.24, 2.45) is 5.73 Å². The Morgan fingerprint density at radius 3 is 2.62 bits per heavy atom. The molecular formula is C13H14BrNS. The summed E-state index contributed by atoms with van der Waals surface area (Å²) in [7, 11) is 0. The Bertz CT molecular complexity index is 478. The molecule has 0 radical (unpaired) electrons. The van der Waals surface area contributed by atoms with Gasteiger partial charge in [-0.2, -0.15) is 11.3 Å². The van der Waals surface area contributed by atoms with E-state index in [-0.39, 0.29) is 6.04 Å². The third-order valence-corrected chi connectivity index (χ3v) is 4.50. The lowest BCUT2D eigenvalue weighted by Gasteiger charge is -2.15. The molecule has 1 unspecified atom stereocenters. The highest BCUT2D eigenvalue weighted by molar-refractivity contribution is 9.10. The summed E-state index contributed by atoms with van der Waals surface area (Å²) in [6, 6.07) is 8.35. The van der Waals surface area contributed by atoms with Gasteiger partial charge < -0.3 is 5.73 Å². The van der Waals surface area contributed by atoms with Gasteiger partial charge in [-0.05, 0) is 44.4 Å². The first-order valence-corrected chi connectivity index (χ1v) is 7.02. The SMILES string of the molecule is CCc1ccccc1C(N)c1cscc1Br. The van der Waals surface area contributed by atoms with E-state index < -0.39 is 0 Å². The topological polar surface area (TPSA) is 26.0 Å². The quantitative estimate of drug-likeness (QED) is 0.906. The summed E-state index contributed by atoms with van der Waals surface area (Å²) >= 11 is 5.22. The second kappa shape index (κ2) is 5.13. The van der Waals surface area contributed by atoms with Gasteiger partial charge in [-0.15, -0.1) is 0 Å². The highest BCUT2D eigenvalue weighted by Crippen LogP contribution is 2.31. The first-order chi connectivity index (χ1) is 7.74. The zero-order valence-corrected chi connectivity index (χ0v) is 11.5. The average Bonchev–Trinajstić information content (AvgIpc) is 2.74. The lowest BCUT2D eigenvalue weighted by molar-refractivity contribution is 0.850. The van der Waals surface area contributed by atoms with Crippen LogP contribution in [-0.4, -0.2) is 0 Å². The van der Waals surface area contributed by atoms with E-state index in [1.165, 1.54) is 16.7 Å². The first kappa shape index (κ1) is 11.8. The summed E-state index contributed by atoms with van der Waals surface area (Å²) in [4.78, 5) is 0. The van der Waals surface area contributed by atoms with Gasteiger partial charge in [-0.3, -0.25) is 0 Å². The van der Waals surface area contributed by atoms with Crippen molar-refractivity contribution in [3.05, 3.63) is 56.2 Å². The van der Waals surface area contributed by atoms with Gasteiger partial charge in [0, 0.05) is 9.85 Å². The molecule has 1 heterocycles. The summed E-state index contributed by atoms with van der Waals surface area (Å²) in [6.07, 6.45) is 1.02. The van der Waals surface area contributed by atoms with E-state index in [0.717, 1.165) is 10.9 Å². The van der Waals surface area contributed by atoms with Crippen LogP contribution in [0.25, 0.3) is 0 Å². The number of benzene rings is 1. The Labute approximate surface area is 108 Å². The maximum Gasteiger partial charge on any atom is 0.0573 e. The molecule has 3 heteroatoms. The minimum absolute atomic E-state index is 0.0308. The molecule has 0 bridgehead atoms. The molecule has 2 aromatic rings. The van der Waals surface area contributed by atoms with Crippen molar-refractivity contribution < 1.29 is 0 Å². The number of nitrogens with two attached hydrogens (primary N) is 1. The smallest absolute Gasteiger partial charge is 0.0573 e. The van der Waals surface area contributed by atoms with E-state index in [9.17, 15) is 0 Å². The van der Waals surface area contributed by atoms with E-state index in [1.54, 1.807) is 11.3 Å². The normalized spacial score (nSPS) is 12.7. The Balaban J connectivity index is 2.41. The first-order valence-electron chi connectivity index (χ1n) is 5.29. The van der Waals surface area contributed by atoms with Gasteiger partial charge in [0.2, 0.25) is 0 Å². The van der Waals surface area contributed by atoms with Crippen LogP contribution in [0.3, 0.4) is 0 Å². The Morgan fingerprint density at radius 2 is 2.00 bits per heavy atom. The van der Waals surface area contributed by atoms with Gasteiger partial charge in [-0.1, -0.05) is 31.2 Å². The molecule has 2 rings (SSSR count). The van der Waals surface area contributed by atoms with Crippen LogP contribution in [0.5, 0.6) is 0 Å². The van der Waals surface area contributed by atoms with E-state index in [0.29, 0.717) is 0 Å². The largest absolute Gasteiger partial charge is 0.320 e. The fraction of sp³-hybridized carbons (Fsp3) is 0.231. The second-order valence-corrected chi connectivity index (χ2v) is 5.30. The number of hydrogen-bond donors (Lipinski definition) is 1. The van der Waals surface area contributed by atoms with Crippen LogP contribution < -0.4 is 5.73 Å². The van der Waals surface area contributed by atoms with Gasteiger partial charge in [0.1, 0.15) is 0 Å². The summed E-state index contributed by atoms with van der Waals surface area (Å²) < 4.78 is 1.11. The summed E-state index contributed by atoms with van der Waals surface area (Å²) in [5.74, 6) is 0. The van der Waals surface area contributed by atoms with Crippen LogP contribution >= 0.6 is 27.3 Å². The van der Waals surface area contributed by atoms with E-state index in [1.807, 2.05) is 0 Å². The highest BCUT2D eigenvalue weighted by Gasteiger charge is 2.15. The van der Waals surface area contributed by atoms with E-state index in [4.69, 9.17) is 5.73 Å². The molecule has 1 nitrogen and oxygen atoms in total. The van der Waals surface area contributed by atoms with Gasteiger partial charge in [-0.25, -0.2) is 0 Å². The maximum absolute atomic E-state index is 6.31. The van der Waals surface area contributed by atoms with Crippen LogP contribution in [0.15, 0.2) is 39.5 Å². The minimum atomic E-state index is -0.0308. The van der Waals surface area contributed by atoms with E-state index in [2.05, 4.69) is 57.9 Å². The number of halogens is 1. The fourth-order valence-corrected chi connectivity index (χ4v) is 3.42. The molecule has 1 atom stereocenters. The zero-order chi connectivity index (χ0) is 11.5. The lowest BCUT2D eigenvalue weighted by Crippen LogP contribution is -2.13. The van der Waals surface area contributed by atoms with Crippen LogP contribution in [0.1, 0.15) is 29.7 Å². The molecule has 16 heavy (non-hydrogen) atoms. The summed E-state index contributed by atoms with van der Waals surface area (Å²) in [5.41, 5.74) is 10.0. The number of thiophene rings is 1. The molecule has 1 aromatic carbocycles. The molecular weight excluding hydrogens is 282 g/mol. The van der Waals surface area contributed by atoms with Gasteiger partial charge >= 0.3 is 0 Å². The van der Waals surface area contributed by atoms with Crippen LogP contribution in [0.2, 0.25) is 0 Å². The second-order valence-electron chi connectivity index (χ2n) is 3.71. The molecule has 1 aromatic heterocycles.